The van der Waals surface area contributed by atoms with Crippen LogP contribution in [0.1, 0.15) is 12.8 Å². The van der Waals surface area contributed by atoms with E-state index in [1.165, 1.54) is 0 Å². The molecular formula is C23H25ClN4O4. The minimum Gasteiger partial charge on any atom is -0.370 e. The molecule has 2 heterocycles. The molecule has 4 amide bonds. The van der Waals surface area contributed by atoms with Crippen LogP contribution >= 0.6 is 11.6 Å². The Morgan fingerprint density at radius 1 is 0.969 bits per heavy atom. The molecule has 168 valence electrons. The van der Waals surface area contributed by atoms with Gasteiger partial charge in [0.25, 0.3) is 5.91 Å². The van der Waals surface area contributed by atoms with Gasteiger partial charge in [-0.3, -0.25) is 9.59 Å². The van der Waals surface area contributed by atoms with Gasteiger partial charge in [-0.1, -0.05) is 11.6 Å². The summed E-state index contributed by atoms with van der Waals surface area (Å²) in [6.07, 6.45) is 1.47. The molecule has 2 saturated heterocycles. The first-order valence-corrected chi connectivity index (χ1v) is 11.0. The summed E-state index contributed by atoms with van der Waals surface area (Å²) >= 11 is 5.88. The van der Waals surface area contributed by atoms with E-state index in [2.05, 4.69) is 10.6 Å². The first kappa shape index (κ1) is 22.1. The Bertz CT molecular complexity index is 980. The van der Waals surface area contributed by atoms with Crippen molar-refractivity contribution in [3.8, 4) is 0 Å². The summed E-state index contributed by atoms with van der Waals surface area (Å²) in [6, 6.07) is 13.9. The summed E-state index contributed by atoms with van der Waals surface area (Å²) in [7, 11) is 0. The normalized spacial score (nSPS) is 18.9. The number of likely N-dealkylation sites (tertiary alicyclic amines) is 1. The highest BCUT2D eigenvalue weighted by atomic mass is 35.5. The van der Waals surface area contributed by atoms with Crippen molar-refractivity contribution in [1.29, 1.82) is 0 Å². The fourth-order valence-electron chi connectivity index (χ4n) is 3.87. The molecule has 0 aromatic heterocycles. The van der Waals surface area contributed by atoms with E-state index < -0.39 is 0 Å². The monoisotopic (exact) mass is 456 g/mol. The first-order chi connectivity index (χ1) is 15.5. The smallest absolute Gasteiger partial charge is 0.321 e. The van der Waals surface area contributed by atoms with Gasteiger partial charge in [-0.05, 0) is 61.4 Å². The third-order valence-electron chi connectivity index (χ3n) is 5.61. The van der Waals surface area contributed by atoms with Gasteiger partial charge in [-0.25, -0.2) is 4.79 Å². The van der Waals surface area contributed by atoms with Crippen LogP contribution in [0.25, 0.3) is 0 Å². The van der Waals surface area contributed by atoms with Crippen LogP contribution in [0.3, 0.4) is 0 Å². The summed E-state index contributed by atoms with van der Waals surface area (Å²) in [5.41, 5.74) is 2.09. The Morgan fingerprint density at radius 2 is 1.66 bits per heavy atom. The van der Waals surface area contributed by atoms with E-state index in [1.54, 1.807) is 46.2 Å². The molecule has 2 N–H and O–H groups in total. The second-order valence-electron chi connectivity index (χ2n) is 7.86. The molecule has 0 radical (unpaired) electrons. The Labute approximate surface area is 191 Å². The van der Waals surface area contributed by atoms with Gasteiger partial charge in [0.1, 0.15) is 6.61 Å². The van der Waals surface area contributed by atoms with Crippen LogP contribution in [-0.2, 0) is 14.3 Å². The van der Waals surface area contributed by atoms with Crippen LogP contribution in [0.15, 0.2) is 48.5 Å². The van der Waals surface area contributed by atoms with E-state index in [9.17, 15) is 14.4 Å². The number of morpholine rings is 1. The van der Waals surface area contributed by atoms with Gasteiger partial charge in [0, 0.05) is 41.7 Å². The zero-order valence-electron chi connectivity index (χ0n) is 17.6. The molecule has 9 heteroatoms. The lowest BCUT2D eigenvalue weighted by atomic mass is 9.97. The van der Waals surface area contributed by atoms with E-state index in [-0.39, 0.29) is 30.4 Å². The molecule has 0 spiro atoms. The van der Waals surface area contributed by atoms with Crippen molar-refractivity contribution in [3.63, 3.8) is 0 Å². The number of hydrogen-bond donors (Lipinski definition) is 2. The van der Waals surface area contributed by atoms with Crippen molar-refractivity contribution in [3.05, 3.63) is 53.6 Å². The lowest BCUT2D eigenvalue weighted by Gasteiger charge is -2.32. The van der Waals surface area contributed by atoms with Gasteiger partial charge in [0.05, 0.1) is 12.5 Å². The van der Waals surface area contributed by atoms with Crippen LogP contribution < -0.4 is 15.5 Å². The molecule has 0 bridgehead atoms. The fourth-order valence-corrected chi connectivity index (χ4v) is 4.00. The number of urea groups is 1. The average Bonchev–Trinajstić information content (AvgIpc) is 2.81. The number of nitrogens with one attached hydrogen (secondary N) is 2. The zero-order valence-corrected chi connectivity index (χ0v) is 18.3. The van der Waals surface area contributed by atoms with Gasteiger partial charge in [0.15, 0.2) is 0 Å². The molecule has 1 atom stereocenters. The number of hydrogen-bond acceptors (Lipinski definition) is 4. The number of benzene rings is 2. The van der Waals surface area contributed by atoms with Crippen molar-refractivity contribution < 1.29 is 19.1 Å². The van der Waals surface area contributed by atoms with Gasteiger partial charge >= 0.3 is 6.03 Å². The van der Waals surface area contributed by atoms with E-state index in [1.807, 2.05) is 12.1 Å². The Hall–Kier alpha value is -3.10. The van der Waals surface area contributed by atoms with Crippen molar-refractivity contribution in [2.24, 2.45) is 5.92 Å². The van der Waals surface area contributed by atoms with Gasteiger partial charge in [-0.2, -0.15) is 0 Å². The Kier molecular flexibility index (Phi) is 6.92. The lowest BCUT2D eigenvalue weighted by Crippen LogP contribution is -2.45. The molecule has 2 aliphatic heterocycles. The van der Waals surface area contributed by atoms with Crippen molar-refractivity contribution >= 4 is 46.5 Å². The van der Waals surface area contributed by atoms with E-state index in [4.69, 9.17) is 16.3 Å². The van der Waals surface area contributed by atoms with E-state index in [0.717, 1.165) is 18.5 Å². The second kappa shape index (κ2) is 10.0. The predicted molar refractivity (Wildman–Crippen MR) is 123 cm³/mol. The molecule has 0 aliphatic carbocycles. The van der Waals surface area contributed by atoms with E-state index >= 15 is 0 Å². The summed E-state index contributed by atoms with van der Waals surface area (Å²) in [4.78, 5) is 40.7. The average molecular weight is 457 g/mol. The van der Waals surface area contributed by atoms with Gasteiger partial charge in [-0.15, -0.1) is 0 Å². The first-order valence-electron chi connectivity index (χ1n) is 10.6. The van der Waals surface area contributed by atoms with Crippen LogP contribution in [0, 0.1) is 5.92 Å². The van der Waals surface area contributed by atoms with Gasteiger partial charge in [0.2, 0.25) is 5.91 Å². The minimum absolute atomic E-state index is 0.0767. The Balaban J connectivity index is 1.32. The molecule has 8 nitrogen and oxygen atoms in total. The summed E-state index contributed by atoms with van der Waals surface area (Å²) in [5.74, 6) is -0.489. The molecular weight excluding hydrogens is 432 g/mol. The molecule has 2 aromatic carbocycles. The van der Waals surface area contributed by atoms with Gasteiger partial charge < -0.3 is 25.2 Å². The second-order valence-corrected chi connectivity index (χ2v) is 8.29. The molecule has 0 unspecified atom stereocenters. The molecule has 2 aromatic rings. The predicted octanol–water partition coefficient (Wildman–Crippen LogP) is 3.59. The lowest BCUT2D eigenvalue weighted by molar-refractivity contribution is -0.125. The maximum atomic E-state index is 12.8. The zero-order chi connectivity index (χ0) is 22.5. The van der Waals surface area contributed by atoms with Crippen molar-refractivity contribution in [2.45, 2.75) is 12.8 Å². The quantitative estimate of drug-likeness (QED) is 0.735. The summed E-state index contributed by atoms with van der Waals surface area (Å²) in [6.45, 7) is 2.06. The highest BCUT2D eigenvalue weighted by Crippen LogP contribution is 2.23. The number of nitrogens with zero attached hydrogens (tertiary/aromatic N) is 2. The third-order valence-corrected chi connectivity index (χ3v) is 5.86. The highest BCUT2D eigenvalue weighted by molar-refractivity contribution is 6.30. The summed E-state index contributed by atoms with van der Waals surface area (Å²) < 4.78 is 5.15. The standard InChI is InChI=1S/C23H25ClN4O4/c24-17-3-5-19(6-4-17)26-23(31)27-11-1-2-16(14-27)22(30)25-18-7-9-20(10-8-18)28-12-13-32-15-21(28)29/h3-10,16H,1-2,11-15H2,(H,25,30)(H,26,31)/t16-/m1/s1. The number of rotatable bonds is 4. The molecule has 0 saturated carbocycles. The van der Waals surface area contributed by atoms with Crippen LogP contribution in [0.5, 0.6) is 0 Å². The van der Waals surface area contributed by atoms with Crippen LogP contribution in [-0.4, -0.2) is 55.6 Å². The minimum atomic E-state index is -0.291. The van der Waals surface area contributed by atoms with Crippen LogP contribution in [0.2, 0.25) is 5.02 Å². The third kappa shape index (κ3) is 5.38. The Morgan fingerprint density at radius 3 is 2.38 bits per heavy atom. The largest absolute Gasteiger partial charge is 0.370 e. The number of carbonyl (C=O) groups excluding carboxylic acids is 3. The molecule has 2 aliphatic rings. The molecule has 32 heavy (non-hydrogen) atoms. The topological polar surface area (TPSA) is 91.0 Å². The van der Waals surface area contributed by atoms with Crippen molar-refractivity contribution in [1.82, 2.24) is 4.90 Å². The SMILES string of the molecule is O=C(Nc1ccc(N2CCOCC2=O)cc1)[C@@H]1CCCN(C(=O)Nc2ccc(Cl)cc2)C1. The summed E-state index contributed by atoms with van der Waals surface area (Å²) in [5, 5.41) is 6.37. The van der Waals surface area contributed by atoms with E-state index in [0.29, 0.717) is 42.6 Å². The highest BCUT2D eigenvalue weighted by Gasteiger charge is 2.28. The number of piperidine rings is 1. The maximum Gasteiger partial charge on any atom is 0.321 e. The molecule has 4 rings (SSSR count). The number of anilines is 3. The number of ether oxygens (including phenoxy) is 1. The van der Waals surface area contributed by atoms with Crippen molar-refractivity contribution in [2.75, 3.05) is 48.4 Å². The fraction of sp³-hybridized carbons (Fsp3) is 0.348. The number of carbonyl (C=O) groups is 3. The maximum absolute atomic E-state index is 12.8. The molecule has 2 fully saturated rings. The van der Waals surface area contributed by atoms with Crippen LogP contribution in [0.4, 0.5) is 21.9 Å². The number of amides is 4. The number of halogens is 1.